The van der Waals surface area contributed by atoms with E-state index in [0.29, 0.717) is 0 Å². The van der Waals surface area contributed by atoms with Crippen LogP contribution in [0.3, 0.4) is 0 Å². The van der Waals surface area contributed by atoms with Gasteiger partial charge < -0.3 is 9.64 Å². The van der Waals surface area contributed by atoms with Crippen LogP contribution in [0.25, 0.3) is 0 Å². The second kappa shape index (κ2) is 5.31. The van der Waals surface area contributed by atoms with Crippen LogP contribution < -0.4 is 4.90 Å². The summed E-state index contributed by atoms with van der Waals surface area (Å²) in [6.07, 6.45) is 1.34. The van der Waals surface area contributed by atoms with E-state index in [1.54, 1.807) is 0 Å². The summed E-state index contributed by atoms with van der Waals surface area (Å²) in [5.74, 6) is 1.87. The minimum Gasteiger partial charge on any atom is -0.372 e. The van der Waals surface area contributed by atoms with Crippen molar-refractivity contribution in [3.05, 3.63) is 16.5 Å². The number of aromatic nitrogens is 2. The lowest BCUT2D eigenvalue weighted by atomic mass is 10.2. The summed E-state index contributed by atoms with van der Waals surface area (Å²) in [6.45, 7) is 8.03. The number of rotatable bonds is 2. The van der Waals surface area contributed by atoms with Gasteiger partial charge in [0.1, 0.15) is 16.2 Å². The summed E-state index contributed by atoms with van der Waals surface area (Å²) in [5, 5.41) is 0. The minimum atomic E-state index is 0.248. The highest BCUT2D eigenvalue weighted by Gasteiger charge is 2.23. The molecule has 1 fully saturated rings. The highest BCUT2D eigenvalue weighted by Crippen LogP contribution is 2.21. The average molecular weight is 300 g/mol. The zero-order valence-electron chi connectivity index (χ0n) is 10.5. The third-order valence-corrected chi connectivity index (χ3v) is 3.19. The van der Waals surface area contributed by atoms with Crippen LogP contribution in [-0.4, -0.2) is 35.3 Å². The van der Waals surface area contributed by atoms with Gasteiger partial charge in [0.25, 0.3) is 0 Å². The number of ether oxygens (including phenoxy) is 1. The molecule has 1 aromatic heterocycles. The number of morpholine rings is 1. The highest BCUT2D eigenvalue weighted by molar-refractivity contribution is 9.10. The lowest BCUT2D eigenvalue weighted by Gasteiger charge is -2.36. The van der Waals surface area contributed by atoms with Crippen molar-refractivity contribution in [2.24, 2.45) is 0 Å². The van der Waals surface area contributed by atoms with E-state index in [1.807, 2.05) is 6.07 Å². The van der Waals surface area contributed by atoms with Gasteiger partial charge in [0.15, 0.2) is 0 Å². The maximum absolute atomic E-state index is 5.73. The summed E-state index contributed by atoms with van der Waals surface area (Å²) in [6, 6.07) is 1.98. The van der Waals surface area contributed by atoms with Crippen molar-refractivity contribution in [3.8, 4) is 0 Å². The fourth-order valence-electron chi connectivity index (χ4n) is 2.14. The Labute approximate surface area is 111 Å². The molecule has 0 bridgehead atoms. The molecule has 94 valence electrons. The van der Waals surface area contributed by atoms with Crippen molar-refractivity contribution in [2.75, 3.05) is 18.0 Å². The Morgan fingerprint density at radius 3 is 2.59 bits per heavy atom. The van der Waals surface area contributed by atoms with Crippen molar-refractivity contribution in [3.63, 3.8) is 0 Å². The normalized spacial score (nSPS) is 25.1. The molecule has 0 amide bonds. The number of hydrogen-bond acceptors (Lipinski definition) is 4. The zero-order valence-corrected chi connectivity index (χ0v) is 12.1. The lowest BCUT2D eigenvalue weighted by Crippen LogP contribution is -2.46. The van der Waals surface area contributed by atoms with Crippen LogP contribution in [0.1, 0.15) is 26.6 Å². The van der Waals surface area contributed by atoms with Gasteiger partial charge in [-0.25, -0.2) is 9.97 Å². The molecule has 5 heteroatoms. The first kappa shape index (κ1) is 12.8. The summed E-state index contributed by atoms with van der Waals surface area (Å²) in [4.78, 5) is 11.2. The van der Waals surface area contributed by atoms with Crippen LogP contribution in [0.5, 0.6) is 0 Å². The Hall–Kier alpha value is -0.680. The van der Waals surface area contributed by atoms with Gasteiger partial charge in [0.05, 0.1) is 12.2 Å². The predicted octanol–water partition coefficient (Wildman–Crippen LogP) is 2.42. The first-order chi connectivity index (χ1) is 8.08. The first-order valence-electron chi connectivity index (χ1n) is 6.02. The molecule has 17 heavy (non-hydrogen) atoms. The van der Waals surface area contributed by atoms with Crippen LogP contribution in [0.15, 0.2) is 10.7 Å². The Morgan fingerprint density at radius 2 is 2.00 bits per heavy atom. The Balaban J connectivity index is 2.23. The fraction of sp³-hybridized carbons (Fsp3) is 0.667. The molecule has 1 saturated heterocycles. The highest BCUT2D eigenvalue weighted by atomic mass is 79.9. The van der Waals surface area contributed by atoms with E-state index in [1.165, 1.54) is 0 Å². The van der Waals surface area contributed by atoms with Crippen LogP contribution in [0, 0.1) is 0 Å². The van der Waals surface area contributed by atoms with E-state index >= 15 is 0 Å². The van der Waals surface area contributed by atoms with Crippen LogP contribution >= 0.6 is 15.9 Å². The smallest absolute Gasteiger partial charge is 0.133 e. The minimum absolute atomic E-state index is 0.248. The molecule has 0 aromatic carbocycles. The van der Waals surface area contributed by atoms with Gasteiger partial charge in [0.2, 0.25) is 0 Å². The van der Waals surface area contributed by atoms with E-state index in [2.05, 4.69) is 51.6 Å². The first-order valence-corrected chi connectivity index (χ1v) is 6.81. The van der Waals surface area contributed by atoms with Gasteiger partial charge in [-0.2, -0.15) is 0 Å². The maximum atomic E-state index is 5.73. The molecule has 0 unspecified atom stereocenters. The molecule has 0 aliphatic carbocycles. The third kappa shape index (κ3) is 3.16. The molecule has 1 aliphatic rings. The van der Waals surface area contributed by atoms with Crippen molar-refractivity contribution in [2.45, 2.75) is 39.4 Å². The topological polar surface area (TPSA) is 38.2 Å². The van der Waals surface area contributed by atoms with Crippen molar-refractivity contribution in [1.82, 2.24) is 9.97 Å². The molecule has 0 saturated carbocycles. The largest absolute Gasteiger partial charge is 0.372 e. The molecule has 0 radical (unpaired) electrons. The van der Waals surface area contributed by atoms with Crippen molar-refractivity contribution < 1.29 is 4.74 Å². The van der Waals surface area contributed by atoms with Crippen LogP contribution in [-0.2, 0) is 11.2 Å². The molecule has 4 nitrogen and oxygen atoms in total. The summed E-state index contributed by atoms with van der Waals surface area (Å²) in [5.41, 5.74) is 0. The van der Waals surface area contributed by atoms with Gasteiger partial charge in [-0.05, 0) is 29.8 Å². The maximum Gasteiger partial charge on any atom is 0.133 e. The standard InChI is InChI=1S/C12H18BrN3O/c1-4-11-14-10(13)5-12(15-11)16-6-8(2)17-9(3)7-16/h5,8-9H,4,6-7H2,1-3H3/t8-,9+. The van der Waals surface area contributed by atoms with Gasteiger partial charge >= 0.3 is 0 Å². The number of nitrogens with zero attached hydrogens (tertiary/aromatic N) is 3. The predicted molar refractivity (Wildman–Crippen MR) is 71.3 cm³/mol. The summed E-state index contributed by atoms with van der Waals surface area (Å²) in [7, 11) is 0. The molecule has 2 heterocycles. The van der Waals surface area contributed by atoms with E-state index < -0.39 is 0 Å². The van der Waals surface area contributed by atoms with Gasteiger partial charge in [0, 0.05) is 25.6 Å². The van der Waals surface area contributed by atoms with Crippen LogP contribution in [0.2, 0.25) is 0 Å². The van der Waals surface area contributed by atoms with E-state index in [4.69, 9.17) is 4.74 Å². The Kier molecular flexibility index (Phi) is 3.99. The molecule has 1 aliphatic heterocycles. The molecular formula is C12H18BrN3O. The second-order valence-electron chi connectivity index (χ2n) is 4.48. The lowest BCUT2D eigenvalue weighted by molar-refractivity contribution is -0.00548. The zero-order chi connectivity index (χ0) is 12.4. The summed E-state index contributed by atoms with van der Waals surface area (Å²) >= 11 is 3.44. The second-order valence-corrected chi connectivity index (χ2v) is 5.29. The fourth-order valence-corrected chi connectivity index (χ4v) is 2.55. The van der Waals surface area contributed by atoms with Crippen molar-refractivity contribution in [1.29, 1.82) is 0 Å². The number of hydrogen-bond donors (Lipinski definition) is 0. The molecule has 0 N–H and O–H groups in total. The van der Waals surface area contributed by atoms with Gasteiger partial charge in [-0.3, -0.25) is 0 Å². The molecular weight excluding hydrogens is 282 g/mol. The van der Waals surface area contributed by atoms with Crippen LogP contribution in [0.4, 0.5) is 5.82 Å². The van der Waals surface area contributed by atoms with E-state index in [-0.39, 0.29) is 12.2 Å². The number of anilines is 1. The number of aryl methyl sites for hydroxylation is 1. The molecule has 1 aromatic rings. The molecule has 2 rings (SSSR count). The third-order valence-electron chi connectivity index (χ3n) is 2.79. The van der Waals surface area contributed by atoms with Gasteiger partial charge in [-0.1, -0.05) is 6.92 Å². The van der Waals surface area contributed by atoms with E-state index in [0.717, 1.165) is 35.8 Å². The average Bonchev–Trinajstić information content (AvgIpc) is 2.26. The molecule has 0 spiro atoms. The molecule has 2 atom stereocenters. The van der Waals surface area contributed by atoms with Gasteiger partial charge in [-0.15, -0.1) is 0 Å². The quantitative estimate of drug-likeness (QED) is 0.786. The monoisotopic (exact) mass is 299 g/mol. The SMILES string of the molecule is CCc1nc(Br)cc(N2C[C@@H](C)O[C@@H](C)C2)n1. The Bertz CT molecular complexity index is 389. The number of halogens is 1. The Morgan fingerprint density at radius 1 is 1.35 bits per heavy atom. The summed E-state index contributed by atoms with van der Waals surface area (Å²) < 4.78 is 6.58. The van der Waals surface area contributed by atoms with Crippen molar-refractivity contribution >= 4 is 21.7 Å². The van der Waals surface area contributed by atoms with E-state index in [9.17, 15) is 0 Å².